The highest BCUT2D eigenvalue weighted by Crippen LogP contribution is 2.19. The quantitative estimate of drug-likeness (QED) is 0.723. The number of hydrogen-bond donors (Lipinski definition) is 2. The van der Waals surface area contributed by atoms with Crippen molar-refractivity contribution >= 4 is 11.6 Å². The molecule has 23 heavy (non-hydrogen) atoms. The monoisotopic (exact) mass is 310 g/mol. The number of carbonyl (C=O) groups excluding carboxylic acids is 1. The van der Waals surface area contributed by atoms with Gasteiger partial charge in [0.2, 0.25) is 0 Å². The number of rotatable bonds is 6. The number of imidazole rings is 1. The summed E-state index contributed by atoms with van der Waals surface area (Å²) in [6, 6.07) is 13.4. The van der Waals surface area contributed by atoms with Crippen molar-refractivity contribution in [2.75, 3.05) is 6.61 Å². The first-order valence-corrected chi connectivity index (χ1v) is 7.36. The van der Waals surface area contributed by atoms with Gasteiger partial charge >= 0.3 is 0 Å². The summed E-state index contributed by atoms with van der Waals surface area (Å²) in [4.78, 5) is 16.2. The minimum atomic E-state index is -0.179. The van der Waals surface area contributed by atoms with Crippen molar-refractivity contribution in [2.45, 2.75) is 13.1 Å². The van der Waals surface area contributed by atoms with E-state index in [9.17, 15) is 4.79 Å². The molecule has 6 nitrogen and oxygen atoms in total. The lowest BCUT2D eigenvalue weighted by Crippen LogP contribution is -2.28. The summed E-state index contributed by atoms with van der Waals surface area (Å²) in [7, 11) is 0. The average molecular weight is 310 g/mol. The molecule has 118 valence electrons. The van der Waals surface area contributed by atoms with Crippen LogP contribution in [0.5, 0.6) is 5.75 Å². The molecule has 2 aromatic heterocycles. The predicted molar refractivity (Wildman–Crippen MR) is 86.9 cm³/mol. The van der Waals surface area contributed by atoms with E-state index in [1.54, 1.807) is 12.3 Å². The lowest BCUT2D eigenvalue weighted by molar-refractivity contribution is -0.123. The first-order valence-electron chi connectivity index (χ1n) is 7.36. The van der Waals surface area contributed by atoms with Crippen molar-refractivity contribution in [2.24, 2.45) is 5.73 Å². The van der Waals surface area contributed by atoms with Crippen LogP contribution in [0.2, 0.25) is 0 Å². The average Bonchev–Trinajstić information content (AvgIpc) is 3.02. The van der Waals surface area contributed by atoms with Crippen molar-refractivity contribution in [1.82, 2.24) is 14.7 Å². The topological polar surface area (TPSA) is 81.7 Å². The molecular formula is C17H18N4O2. The molecule has 3 aromatic rings. The molecule has 0 aliphatic rings. The Balaban J connectivity index is 1.60. The molecule has 0 radical (unpaired) electrons. The van der Waals surface area contributed by atoms with Crippen molar-refractivity contribution in [1.29, 1.82) is 0 Å². The summed E-state index contributed by atoms with van der Waals surface area (Å²) in [6.07, 6.45) is 3.57. The number of benzene rings is 1. The molecule has 1 aromatic carbocycles. The summed E-state index contributed by atoms with van der Waals surface area (Å²) >= 11 is 0. The van der Waals surface area contributed by atoms with E-state index in [0.29, 0.717) is 24.5 Å². The third-order valence-electron chi connectivity index (χ3n) is 3.48. The maximum atomic E-state index is 11.9. The maximum Gasteiger partial charge on any atom is 0.258 e. The Morgan fingerprint density at radius 3 is 2.83 bits per heavy atom. The van der Waals surface area contributed by atoms with E-state index in [0.717, 1.165) is 11.3 Å². The number of hydrogen-bond acceptors (Lipinski definition) is 4. The summed E-state index contributed by atoms with van der Waals surface area (Å²) in [5, 5.41) is 2.82. The second-order valence-corrected chi connectivity index (χ2v) is 5.07. The number of nitrogens with one attached hydrogen (secondary N) is 1. The van der Waals surface area contributed by atoms with Gasteiger partial charge in [-0.15, -0.1) is 0 Å². The molecule has 0 aliphatic carbocycles. The second kappa shape index (κ2) is 6.93. The molecule has 0 atom stereocenters. The van der Waals surface area contributed by atoms with Gasteiger partial charge in [0.1, 0.15) is 0 Å². The minimum Gasteiger partial charge on any atom is -0.480 e. The largest absolute Gasteiger partial charge is 0.480 e. The molecule has 0 unspecified atom stereocenters. The van der Waals surface area contributed by atoms with Crippen LogP contribution in [0.3, 0.4) is 0 Å². The van der Waals surface area contributed by atoms with Gasteiger partial charge in [-0.3, -0.25) is 9.20 Å². The third kappa shape index (κ3) is 3.49. The van der Waals surface area contributed by atoms with Gasteiger partial charge in [0.15, 0.2) is 18.0 Å². The van der Waals surface area contributed by atoms with E-state index in [4.69, 9.17) is 10.5 Å². The Morgan fingerprint density at radius 1 is 1.22 bits per heavy atom. The second-order valence-electron chi connectivity index (χ2n) is 5.07. The highest BCUT2D eigenvalue weighted by atomic mass is 16.5. The molecule has 0 bridgehead atoms. The summed E-state index contributed by atoms with van der Waals surface area (Å²) in [5.74, 6) is 0.378. The zero-order chi connectivity index (χ0) is 16.1. The predicted octanol–water partition coefficient (Wildman–Crippen LogP) is 1.49. The SMILES string of the molecule is NCc1cnc2c(OCC(=O)NCc3ccccc3)cccn12. The van der Waals surface area contributed by atoms with E-state index < -0.39 is 0 Å². The standard InChI is InChI=1S/C17H18N4O2/c18-9-14-11-20-17-15(7-4-8-21(14)17)23-12-16(22)19-10-13-5-2-1-3-6-13/h1-8,11H,9-10,12,18H2,(H,19,22). The third-order valence-corrected chi connectivity index (χ3v) is 3.48. The number of nitrogens with zero attached hydrogens (tertiary/aromatic N) is 2. The molecule has 0 aliphatic heterocycles. The van der Waals surface area contributed by atoms with E-state index >= 15 is 0 Å². The highest BCUT2D eigenvalue weighted by Gasteiger charge is 2.09. The van der Waals surface area contributed by atoms with Crippen LogP contribution in [0.4, 0.5) is 0 Å². The van der Waals surface area contributed by atoms with Crippen LogP contribution in [0, 0.1) is 0 Å². The molecule has 0 saturated carbocycles. The van der Waals surface area contributed by atoms with Crippen LogP contribution < -0.4 is 15.8 Å². The maximum absolute atomic E-state index is 11.9. The van der Waals surface area contributed by atoms with Gasteiger partial charge in [-0.1, -0.05) is 30.3 Å². The van der Waals surface area contributed by atoms with Crippen LogP contribution in [0.15, 0.2) is 54.9 Å². The molecule has 2 heterocycles. The van der Waals surface area contributed by atoms with Gasteiger partial charge in [0.05, 0.1) is 11.9 Å². The smallest absolute Gasteiger partial charge is 0.258 e. The van der Waals surface area contributed by atoms with Crippen LogP contribution in [0.1, 0.15) is 11.3 Å². The number of nitrogens with two attached hydrogens (primary N) is 1. The van der Waals surface area contributed by atoms with Crippen LogP contribution in [-0.2, 0) is 17.9 Å². The van der Waals surface area contributed by atoms with E-state index in [-0.39, 0.29) is 12.5 Å². The number of aromatic nitrogens is 2. The van der Waals surface area contributed by atoms with Crippen molar-refractivity contribution in [3.63, 3.8) is 0 Å². The highest BCUT2D eigenvalue weighted by molar-refractivity contribution is 5.77. The summed E-state index contributed by atoms with van der Waals surface area (Å²) in [6.45, 7) is 0.813. The molecular weight excluding hydrogens is 292 g/mol. The molecule has 1 amide bonds. The zero-order valence-electron chi connectivity index (χ0n) is 12.6. The van der Waals surface area contributed by atoms with Crippen LogP contribution >= 0.6 is 0 Å². The van der Waals surface area contributed by atoms with E-state index in [2.05, 4.69) is 10.3 Å². The normalized spacial score (nSPS) is 10.7. The van der Waals surface area contributed by atoms with Crippen molar-refractivity contribution in [3.05, 3.63) is 66.1 Å². The lowest BCUT2D eigenvalue weighted by Gasteiger charge is -2.09. The van der Waals surface area contributed by atoms with Gasteiger partial charge < -0.3 is 15.8 Å². The minimum absolute atomic E-state index is 0.0582. The van der Waals surface area contributed by atoms with E-state index in [1.165, 1.54) is 0 Å². The molecule has 0 saturated heterocycles. The van der Waals surface area contributed by atoms with Crippen molar-refractivity contribution < 1.29 is 9.53 Å². The lowest BCUT2D eigenvalue weighted by atomic mass is 10.2. The van der Waals surface area contributed by atoms with Crippen LogP contribution in [-0.4, -0.2) is 21.9 Å². The van der Waals surface area contributed by atoms with Gasteiger partial charge in [0.25, 0.3) is 5.91 Å². The van der Waals surface area contributed by atoms with Gasteiger partial charge in [-0.25, -0.2) is 4.98 Å². The number of carbonyl (C=O) groups is 1. The number of amides is 1. The number of pyridine rings is 1. The van der Waals surface area contributed by atoms with Gasteiger partial charge in [-0.05, 0) is 17.7 Å². The molecule has 0 fully saturated rings. The molecule has 3 N–H and O–H groups in total. The Hall–Kier alpha value is -2.86. The number of ether oxygens (including phenoxy) is 1. The summed E-state index contributed by atoms with van der Waals surface area (Å²) in [5.41, 5.74) is 8.25. The fourth-order valence-corrected chi connectivity index (χ4v) is 2.29. The zero-order valence-corrected chi connectivity index (χ0v) is 12.6. The fraction of sp³-hybridized carbons (Fsp3) is 0.176. The Morgan fingerprint density at radius 2 is 2.04 bits per heavy atom. The fourth-order valence-electron chi connectivity index (χ4n) is 2.29. The number of fused-ring (bicyclic) bond motifs is 1. The van der Waals surface area contributed by atoms with Crippen molar-refractivity contribution in [3.8, 4) is 5.75 Å². The first kappa shape index (κ1) is 15.1. The Kier molecular flexibility index (Phi) is 4.54. The molecule has 6 heteroatoms. The van der Waals surface area contributed by atoms with Crippen LogP contribution in [0.25, 0.3) is 5.65 Å². The molecule has 3 rings (SSSR count). The van der Waals surface area contributed by atoms with E-state index in [1.807, 2.05) is 47.0 Å². The first-order chi connectivity index (χ1) is 11.3. The Labute approximate surface area is 133 Å². The molecule has 0 spiro atoms. The summed E-state index contributed by atoms with van der Waals surface area (Å²) < 4.78 is 7.45. The van der Waals surface area contributed by atoms with Gasteiger partial charge in [0, 0.05) is 19.3 Å². The Bertz CT molecular complexity index is 799. The van der Waals surface area contributed by atoms with Gasteiger partial charge in [-0.2, -0.15) is 0 Å².